The van der Waals surface area contributed by atoms with Gasteiger partial charge in [-0.05, 0) is 19.8 Å². The Bertz CT molecular complexity index is 205. The second kappa shape index (κ2) is 4.11. The molecular formula is C8H15N3. The van der Waals surface area contributed by atoms with Crippen LogP contribution < -0.4 is 0 Å². The zero-order chi connectivity index (χ0) is 8.10. The highest BCUT2D eigenvalue weighted by Gasteiger charge is 1.96. The molecule has 3 heteroatoms. The molecule has 1 aromatic heterocycles. The fraction of sp³-hybridized carbons (Fsp3) is 0.750. The number of aromatic nitrogens is 3. The summed E-state index contributed by atoms with van der Waals surface area (Å²) >= 11 is 0. The minimum atomic E-state index is 0.867. The highest BCUT2D eigenvalue weighted by Crippen LogP contribution is 1.98. The van der Waals surface area contributed by atoms with Crippen LogP contribution in [0.4, 0.5) is 0 Å². The third kappa shape index (κ3) is 2.33. The molecule has 3 nitrogen and oxygen atoms in total. The summed E-state index contributed by atoms with van der Waals surface area (Å²) in [5.41, 5.74) is 1.12. The number of rotatable bonds is 4. The fourth-order valence-electron chi connectivity index (χ4n) is 0.958. The van der Waals surface area contributed by atoms with Crippen LogP contribution in [0, 0.1) is 0 Å². The van der Waals surface area contributed by atoms with E-state index in [4.69, 9.17) is 0 Å². The third-order valence-corrected chi connectivity index (χ3v) is 1.65. The first-order valence-corrected chi connectivity index (χ1v) is 4.25. The lowest BCUT2D eigenvalue weighted by Gasteiger charge is -1.91. The number of nitrogens with zero attached hydrogens (tertiary/aromatic N) is 3. The van der Waals surface area contributed by atoms with Crippen molar-refractivity contribution in [2.75, 3.05) is 0 Å². The first-order valence-electron chi connectivity index (χ1n) is 4.25. The van der Waals surface area contributed by atoms with Crippen molar-refractivity contribution in [1.29, 1.82) is 0 Å². The second-order valence-electron chi connectivity index (χ2n) is 2.63. The van der Waals surface area contributed by atoms with Gasteiger partial charge in [-0.15, -0.1) is 0 Å². The van der Waals surface area contributed by atoms with Gasteiger partial charge in [0.25, 0.3) is 0 Å². The highest BCUT2D eigenvalue weighted by atomic mass is 15.5. The van der Waals surface area contributed by atoms with E-state index in [0.29, 0.717) is 0 Å². The maximum atomic E-state index is 4.27. The van der Waals surface area contributed by atoms with E-state index in [-0.39, 0.29) is 0 Å². The molecule has 0 saturated heterocycles. The molecule has 0 aromatic carbocycles. The summed E-state index contributed by atoms with van der Waals surface area (Å²) < 4.78 is 0. The largest absolute Gasteiger partial charge is 0.185 e. The molecule has 0 aliphatic rings. The molecule has 0 bridgehead atoms. The van der Waals surface area contributed by atoms with Crippen LogP contribution in [-0.4, -0.2) is 15.0 Å². The Morgan fingerprint density at radius 3 is 2.82 bits per heavy atom. The smallest absolute Gasteiger partial charge is 0.0827 e. The molecule has 11 heavy (non-hydrogen) atoms. The lowest BCUT2D eigenvalue weighted by atomic mass is 10.2. The summed E-state index contributed by atoms with van der Waals surface area (Å²) in [7, 11) is 0. The van der Waals surface area contributed by atoms with Crippen LogP contribution in [0.5, 0.6) is 0 Å². The fourth-order valence-corrected chi connectivity index (χ4v) is 0.958. The van der Waals surface area contributed by atoms with Gasteiger partial charge in [0.05, 0.1) is 18.4 Å². The summed E-state index contributed by atoms with van der Waals surface area (Å²) in [6.07, 6.45) is 5.36. The summed E-state index contributed by atoms with van der Waals surface area (Å²) in [5, 5.41) is 8.36. The Kier molecular flexibility index (Phi) is 3.08. The maximum absolute atomic E-state index is 4.27. The first kappa shape index (κ1) is 8.24. The molecule has 0 unspecified atom stereocenters. The van der Waals surface area contributed by atoms with E-state index in [2.05, 4.69) is 17.1 Å². The van der Waals surface area contributed by atoms with E-state index in [1.54, 1.807) is 4.80 Å². The first-order chi connectivity index (χ1) is 5.36. The molecule has 1 rings (SSSR count). The van der Waals surface area contributed by atoms with Gasteiger partial charge in [0.2, 0.25) is 0 Å². The van der Waals surface area contributed by atoms with Crippen LogP contribution in [0.1, 0.15) is 32.4 Å². The number of unbranched alkanes of at least 4 members (excludes halogenated alkanes) is 1. The van der Waals surface area contributed by atoms with Gasteiger partial charge in [-0.25, -0.2) is 0 Å². The summed E-state index contributed by atoms with van der Waals surface area (Å²) in [5.74, 6) is 0. The van der Waals surface area contributed by atoms with Crippen molar-refractivity contribution >= 4 is 0 Å². The van der Waals surface area contributed by atoms with Gasteiger partial charge in [-0.1, -0.05) is 13.3 Å². The van der Waals surface area contributed by atoms with E-state index < -0.39 is 0 Å². The Morgan fingerprint density at radius 1 is 1.45 bits per heavy atom. The third-order valence-electron chi connectivity index (χ3n) is 1.65. The number of hydrogen-bond acceptors (Lipinski definition) is 2. The zero-order valence-electron chi connectivity index (χ0n) is 7.25. The van der Waals surface area contributed by atoms with Crippen molar-refractivity contribution in [2.24, 2.45) is 0 Å². The van der Waals surface area contributed by atoms with Crippen LogP contribution >= 0.6 is 0 Å². The van der Waals surface area contributed by atoms with Gasteiger partial charge in [0.15, 0.2) is 0 Å². The van der Waals surface area contributed by atoms with E-state index in [1.807, 2.05) is 13.1 Å². The van der Waals surface area contributed by atoms with Crippen molar-refractivity contribution in [2.45, 2.75) is 39.7 Å². The van der Waals surface area contributed by atoms with Crippen LogP contribution in [-0.2, 0) is 13.0 Å². The van der Waals surface area contributed by atoms with Crippen molar-refractivity contribution in [1.82, 2.24) is 15.0 Å². The summed E-state index contributed by atoms with van der Waals surface area (Å²) in [6, 6.07) is 0. The number of hydrogen-bond donors (Lipinski definition) is 0. The molecule has 0 saturated carbocycles. The molecule has 1 heterocycles. The molecule has 1 aromatic rings. The lowest BCUT2D eigenvalue weighted by Crippen LogP contribution is -1.98. The zero-order valence-corrected chi connectivity index (χ0v) is 7.25. The van der Waals surface area contributed by atoms with Gasteiger partial charge in [0, 0.05) is 0 Å². The predicted molar refractivity (Wildman–Crippen MR) is 44.3 cm³/mol. The average Bonchev–Trinajstić information content (AvgIpc) is 2.48. The second-order valence-corrected chi connectivity index (χ2v) is 2.63. The minimum absolute atomic E-state index is 0.867. The molecule has 0 aliphatic carbocycles. The van der Waals surface area contributed by atoms with E-state index in [0.717, 1.165) is 18.7 Å². The standard InChI is InChI=1S/C8H15N3/c1-3-5-6-8-7-9-11(4-2)10-8/h7H,3-6H2,1-2H3. The monoisotopic (exact) mass is 153 g/mol. The molecule has 0 aliphatic heterocycles. The SMILES string of the molecule is CCCCc1cnn(CC)n1. The van der Waals surface area contributed by atoms with Gasteiger partial charge in [-0.3, -0.25) is 0 Å². The molecule has 0 N–H and O–H groups in total. The van der Waals surface area contributed by atoms with Crippen molar-refractivity contribution < 1.29 is 0 Å². The van der Waals surface area contributed by atoms with Crippen molar-refractivity contribution in [3.8, 4) is 0 Å². The molecule has 62 valence electrons. The van der Waals surface area contributed by atoms with Gasteiger partial charge in [0.1, 0.15) is 0 Å². The Morgan fingerprint density at radius 2 is 2.27 bits per heavy atom. The number of aryl methyl sites for hydroxylation is 2. The van der Waals surface area contributed by atoms with E-state index >= 15 is 0 Å². The van der Waals surface area contributed by atoms with Gasteiger partial charge in [-0.2, -0.15) is 15.0 Å². The quantitative estimate of drug-likeness (QED) is 0.658. The minimum Gasteiger partial charge on any atom is -0.185 e. The molecule has 0 amide bonds. The molecule has 0 radical (unpaired) electrons. The average molecular weight is 153 g/mol. The summed E-state index contributed by atoms with van der Waals surface area (Å²) in [6.45, 7) is 5.10. The van der Waals surface area contributed by atoms with Gasteiger partial charge < -0.3 is 0 Å². The van der Waals surface area contributed by atoms with Gasteiger partial charge >= 0.3 is 0 Å². The van der Waals surface area contributed by atoms with Crippen molar-refractivity contribution in [3.63, 3.8) is 0 Å². The lowest BCUT2D eigenvalue weighted by molar-refractivity contribution is 0.562. The molecule has 0 fully saturated rings. The summed E-state index contributed by atoms with van der Waals surface area (Å²) in [4.78, 5) is 1.73. The molecule has 0 atom stereocenters. The topological polar surface area (TPSA) is 30.7 Å². The normalized spacial score (nSPS) is 10.4. The molecular weight excluding hydrogens is 138 g/mol. The molecule has 0 spiro atoms. The van der Waals surface area contributed by atoms with E-state index in [9.17, 15) is 0 Å². The predicted octanol–water partition coefficient (Wildman–Crippen LogP) is 1.64. The van der Waals surface area contributed by atoms with Crippen molar-refractivity contribution in [3.05, 3.63) is 11.9 Å². The van der Waals surface area contributed by atoms with E-state index in [1.165, 1.54) is 12.8 Å². The maximum Gasteiger partial charge on any atom is 0.0827 e. The Hall–Kier alpha value is -0.860. The Balaban J connectivity index is 2.44. The van der Waals surface area contributed by atoms with Crippen LogP contribution in [0.15, 0.2) is 6.20 Å². The van der Waals surface area contributed by atoms with Crippen LogP contribution in [0.2, 0.25) is 0 Å². The Labute approximate surface area is 67.4 Å². The highest BCUT2D eigenvalue weighted by molar-refractivity contribution is 4.90. The van der Waals surface area contributed by atoms with Crippen LogP contribution in [0.25, 0.3) is 0 Å². The van der Waals surface area contributed by atoms with Crippen LogP contribution in [0.3, 0.4) is 0 Å².